The molecule has 0 rings (SSSR count). The van der Waals surface area contributed by atoms with Gasteiger partial charge in [-0.25, -0.2) is 0 Å². The SMILES string of the molecule is CCCCC(C=O)(CN(C)C)OCC. The molecule has 0 aromatic carbocycles. The first kappa shape index (κ1) is 13.6. The van der Waals surface area contributed by atoms with Gasteiger partial charge < -0.3 is 14.4 Å². The summed E-state index contributed by atoms with van der Waals surface area (Å²) in [6.07, 6.45) is 3.91. The summed E-state index contributed by atoms with van der Waals surface area (Å²) in [5.74, 6) is 0. The van der Waals surface area contributed by atoms with Gasteiger partial charge >= 0.3 is 0 Å². The van der Waals surface area contributed by atoms with E-state index in [2.05, 4.69) is 6.92 Å². The minimum atomic E-state index is -0.589. The third-order valence-corrected chi connectivity index (χ3v) is 2.18. The molecule has 0 spiro atoms. The fraction of sp³-hybridized carbons (Fsp3) is 0.909. The molecule has 0 bridgehead atoms. The molecule has 1 atom stereocenters. The van der Waals surface area contributed by atoms with Gasteiger partial charge in [0.05, 0.1) is 0 Å². The van der Waals surface area contributed by atoms with E-state index in [4.69, 9.17) is 4.74 Å². The first-order chi connectivity index (χ1) is 6.60. The summed E-state index contributed by atoms with van der Waals surface area (Å²) in [6, 6.07) is 0. The van der Waals surface area contributed by atoms with Gasteiger partial charge in [-0.3, -0.25) is 0 Å². The second-order valence-corrected chi connectivity index (χ2v) is 3.96. The second-order valence-electron chi connectivity index (χ2n) is 3.96. The maximum atomic E-state index is 11.1. The molecule has 0 heterocycles. The number of hydrogen-bond donors (Lipinski definition) is 0. The minimum absolute atomic E-state index is 0.589. The molecule has 0 N–H and O–H groups in total. The summed E-state index contributed by atoms with van der Waals surface area (Å²) in [6.45, 7) is 5.32. The Kier molecular flexibility index (Phi) is 6.75. The van der Waals surface area contributed by atoms with Crippen LogP contribution in [0.3, 0.4) is 0 Å². The smallest absolute Gasteiger partial charge is 0.153 e. The van der Waals surface area contributed by atoms with Crippen molar-refractivity contribution in [2.24, 2.45) is 0 Å². The third kappa shape index (κ3) is 4.72. The number of carbonyl (C=O) groups is 1. The van der Waals surface area contributed by atoms with Gasteiger partial charge in [-0.15, -0.1) is 0 Å². The van der Waals surface area contributed by atoms with Crippen LogP contribution in [0.15, 0.2) is 0 Å². The van der Waals surface area contributed by atoms with Gasteiger partial charge in [0, 0.05) is 13.2 Å². The lowest BCUT2D eigenvalue weighted by atomic mass is 9.97. The molecule has 0 aliphatic carbocycles. The monoisotopic (exact) mass is 201 g/mol. The van der Waals surface area contributed by atoms with E-state index in [1.807, 2.05) is 25.9 Å². The number of carbonyl (C=O) groups excluding carboxylic acids is 1. The van der Waals surface area contributed by atoms with Gasteiger partial charge in [0.2, 0.25) is 0 Å². The van der Waals surface area contributed by atoms with E-state index in [0.717, 1.165) is 25.5 Å². The van der Waals surface area contributed by atoms with Crippen LogP contribution in [0.25, 0.3) is 0 Å². The normalized spacial score (nSPS) is 15.5. The fourth-order valence-electron chi connectivity index (χ4n) is 1.63. The average molecular weight is 201 g/mol. The topological polar surface area (TPSA) is 29.5 Å². The van der Waals surface area contributed by atoms with E-state index >= 15 is 0 Å². The van der Waals surface area contributed by atoms with Crippen molar-refractivity contribution in [2.45, 2.75) is 38.7 Å². The van der Waals surface area contributed by atoms with Crippen LogP contribution in [0, 0.1) is 0 Å². The highest BCUT2D eigenvalue weighted by atomic mass is 16.5. The zero-order valence-electron chi connectivity index (χ0n) is 9.88. The molecule has 0 saturated heterocycles. The molecular weight excluding hydrogens is 178 g/mol. The minimum Gasteiger partial charge on any atom is -0.366 e. The van der Waals surface area contributed by atoms with Crippen LogP contribution in [-0.2, 0) is 9.53 Å². The molecule has 1 unspecified atom stereocenters. The molecule has 3 nitrogen and oxygen atoms in total. The van der Waals surface area contributed by atoms with Crippen LogP contribution < -0.4 is 0 Å². The number of ether oxygens (including phenoxy) is 1. The van der Waals surface area contributed by atoms with Crippen LogP contribution >= 0.6 is 0 Å². The summed E-state index contributed by atoms with van der Waals surface area (Å²) in [5, 5.41) is 0. The first-order valence-corrected chi connectivity index (χ1v) is 5.35. The lowest BCUT2D eigenvalue weighted by Gasteiger charge is -2.30. The Morgan fingerprint density at radius 2 is 2.00 bits per heavy atom. The average Bonchev–Trinajstić information content (AvgIpc) is 2.14. The van der Waals surface area contributed by atoms with E-state index in [1.165, 1.54) is 0 Å². The Hall–Kier alpha value is -0.410. The second kappa shape index (κ2) is 6.96. The van der Waals surface area contributed by atoms with Gasteiger partial charge in [-0.2, -0.15) is 0 Å². The van der Waals surface area contributed by atoms with Crippen LogP contribution in [0.4, 0.5) is 0 Å². The van der Waals surface area contributed by atoms with Crippen molar-refractivity contribution in [3.8, 4) is 0 Å². The lowest BCUT2D eigenvalue weighted by Crippen LogP contribution is -2.44. The van der Waals surface area contributed by atoms with Gasteiger partial charge in [-0.05, 0) is 27.4 Å². The van der Waals surface area contributed by atoms with E-state index in [1.54, 1.807) is 0 Å². The molecule has 84 valence electrons. The number of nitrogens with zero attached hydrogens (tertiary/aromatic N) is 1. The summed E-state index contributed by atoms with van der Waals surface area (Å²) >= 11 is 0. The van der Waals surface area contributed by atoms with Gasteiger partial charge in [-0.1, -0.05) is 19.8 Å². The Labute approximate surface area is 87.4 Å². The molecule has 0 amide bonds. The van der Waals surface area contributed by atoms with Crippen molar-refractivity contribution in [3.05, 3.63) is 0 Å². The quantitative estimate of drug-likeness (QED) is 0.560. The number of rotatable bonds is 8. The van der Waals surface area contributed by atoms with Crippen molar-refractivity contribution >= 4 is 6.29 Å². The number of aldehydes is 1. The molecule has 14 heavy (non-hydrogen) atoms. The maximum Gasteiger partial charge on any atom is 0.153 e. The van der Waals surface area contributed by atoms with Crippen molar-refractivity contribution in [3.63, 3.8) is 0 Å². The standard InChI is InChI=1S/C11H23NO2/c1-5-7-8-11(10-13,14-6-2)9-12(3)4/h10H,5-9H2,1-4H3. The molecule has 0 aromatic heterocycles. The van der Waals surface area contributed by atoms with E-state index in [0.29, 0.717) is 13.2 Å². The molecule has 0 fully saturated rings. The maximum absolute atomic E-state index is 11.1. The summed E-state index contributed by atoms with van der Waals surface area (Å²) in [4.78, 5) is 13.1. The molecule has 0 aliphatic heterocycles. The van der Waals surface area contributed by atoms with Crippen molar-refractivity contribution < 1.29 is 9.53 Å². The van der Waals surface area contributed by atoms with Crippen LogP contribution in [-0.4, -0.2) is 44.0 Å². The Morgan fingerprint density at radius 1 is 1.36 bits per heavy atom. The highest BCUT2D eigenvalue weighted by Crippen LogP contribution is 2.18. The van der Waals surface area contributed by atoms with Crippen LogP contribution in [0.5, 0.6) is 0 Å². The summed E-state index contributed by atoms with van der Waals surface area (Å²) < 4.78 is 5.58. The van der Waals surface area contributed by atoms with E-state index in [-0.39, 0.29) is 0 Å². The van der Waals surface area contributed by atoms with Gasteiger partial charge in [0.15, 0.2) is 6.29 Å². The number of hydrogen-bond acceptors (Lipinski definition) is 3. The molecule has 0 radical (unpaired) electrons. The van der Waals surface area contributed by atoms with Gasteiger partial charge in [0.25, 0.3) is 0 Å². The predicted octanol–water partition coefficient (Wildman–Crippen LogP) is 1.71. The molecular formula is C11H23NO2. The van der Waals surface area contributed by atoms with Gasteiger partial charge in [0.1, 0.15) is 5.60 Å². The summed E-state index contributed by atoms with van der Waals surface area (Å²) in [7, 11) is 3.92. The van der Waals surface area contributed by atoms with Crippen molar-refractivity contribution in [1.29, 1.82) is 0 Å². The lowest BCUT2D eigenvalue weighted by molar-refractivity contribution is -0.134. The third-order valence-electron chi connectivity index (χ3n) is 2.18. The zero-order valence-corrected chi connectivity index (χ0v) is 9.88. The Morgan fingerprint density at radius 3 is 2.36 bits per heavy atom. The van der Waals surface area contributed by atoms with E-state index < -0.39 is 5.60 Å². The fourth-order valence-corrected chi connectivity index (χ4v) is 1.63. The van der Waals surface area contributed by atoms with Crippen LogP contribution in [0.1, 0.15) is 33.1 Å². The Bertz CT molecular complexity index is 159. The predicted molar refractivity (Wildman–Crippen MR) is 58.5 cm³/mol. The summed E-state index contributed by atoms with van der Waals surface area (Å²) in [5.41, 5.74) is -0.589. The highest BCUT2D eigenvalue weighted by molar-refractivity contribution is 5.63. The molecule has 0 aromatic rings. The van der Waals surface area contributed by atoms with Crippen molar-refractivity contribution in [2.75, 3.05) is 27.2 Å². The molecule has 0 saturated carbocycles. The molecule has 0 aliphatic rings. The number of unbranched alkanes of at least 4 members (excludes halogenated alkanes) is 1. The largest absolute Gasteiger partial charge is 0.366 e. The Balaban J connectivity index is 4.33. The molecule has 3 heteroatoms. The zero-order chi connectivity index (χ0) is 11.0. The first-order valence-electron chi connectivity index (χ1n) is 5.35. The van der Waals surface area contributed by atoms with Crippen molar-refractivity contribution in [1.82, 2.24) is 4.90 Å². The number of likely N-dealkylation sites (N-methyl/N-ethyl adjacent to an activating group) is 1. The highest BCUT2D eigenvalue weighted by Gasteiger charge is 2.30. The van der Waals surface area contributed by atoms with E-state index in [9.17, 15) is 4.79 Å². The van der Waals surface area contributed by atoms with Crippen LogP contribution in [0.2, 0.25) is 0 Å².